The Morgan fingerprint density at radius 2 is 2.00 bits per heavy atom. The zero-order valence-corrected chi connectivity index (χ0v) is 6.83. The van der Waals surface area contributed by atoms with Gasteiger partial charge in [-0.1, -0.05) is 0 Å². The van der Waals surface area contributed by atoms with E-state index in [1.54, 1.807) is 20.8 Å². The molecule has 0 heterocycles. The molecule has 4 heteroatoms. The van der Waals surface area contributed by atoms with Gasteiger partial charge in [0.2, 0.25) is 0 Å². The number of ether oxygens (including phenoxy) is 2. The summed E-state index contributed by atoms with van der Waals surface area (Å²) >= 11 is 0. The largest absolute Gasteiger partial charge is 0.513 e. The van der Waals surface area contributed by atoms with Crippen LogP contribution in [0.2, 0.25) is 0 Å². The molecule has 0 saturated carbocycles. The summed E-state index contributed by atoms with van der Waals surface area (Å²) in [5.41, 5.74) is -0.569. The molecule has 0 unspecified atom stereocenters. The van der Waals surface area contributed by atoms with Gasteiger partial charge in [-0.15, -0.1) is 0 Å². The van der Waals surface area contributed by atoms with Crippen LogP contribution in [0.15, 0.2) is 12.5 Å². The van der Waals surface area contributed by atoms with Gasteiger partial charge in [0.25, 0.3) is 0 Å². The minimum absolute atomic E-state index is 0.569. The summed E-state index contributed by atoms with van der Waals surface area (Å²) in [7, 11) is 0. The first kappa shape index (κ1) is 9.81. The minimum Gasteiger partial charge on any atom is -0.512 e. The number of carbonyl (C=O) groups is 1. The van der Waals surface area contributed by atoms with Crippen LogP contribution in [0.3, 0.4) is 0 Å². The highest BCUT2D eigenvalue weighted by Gasteiger charge is 2.16. The van der Waals surface area contributed by atoms with Crippen LogP contribution in [-0.2, 0) is 9.47 Å². The zero-order chi connectivity index (χ0) is 8.91. The quantitative estimate of drug-likeness (QED) is 0.470. The molecular weight excluding hydrogens is 148 g/mol. The molecule has 1 N–H and O–H groups in total. The number of rotatable bonds is 1. The molecule has 0 aromatic carbocycles. The van der Waals surface area contributed by atoms with E-state index in [2.05, 4.69) is 4.74 Å². The van der Waals surface area contributed by atoms with Crippen molar-refractivity contribution < 1.29 is 19.4 Å². The molecule has 64 valence electrons. The Morgan fingerprint density at radius 3 is 2.36 bits per heavy atom. The van der Waals surface area contributed by atoms with Crippen molar-refractivity contribution in [2.75, 3.05) is 0 Å². The van der Waals surface area contributed by atoms with Crippen LogP contribution in [0.1, 0.15) is 20.8 Å². The molecule has 0 amide bonds. The van der Waals surface area contributed by atoms with E-state index in [0.717, 1.165) is 6.26 Å². The van der Waals surface area contributed by atoms with E-state index in [0.29, 0.717) is 6.26 Å². The summed E-state index contributed by atoms with van der Waals surface area (Å²) in [6, 6.07) is 0. The number of aliphatic hydroxyl groups is 1. The van der Waals surface area contributed by atoms with Crippen LogP contribution in [0.4, 0.5) is 4.79 Å². The highest BCUT2D eigenvalue weighted by atomic mass is 16.7. The Labute approximate surface area is 65.4 Å². The van der Waals surface area contributed by atoms with Crippen LogP contribution in [0.5, 0.6) is 0 Å². The zero-order valence-electron chi connectivity index (χ0n) is 6.83. The Balaban J connectivity index is 3.70. The van der Waals surface area contributed by atoms with E-state index in [1.165, 1.54) is 0 Å². The molecule has 0 radical (unpaired) electrons. The third-order valence-electron chi connectivity index (χ3n) is 0.615. The van der Waals surface area contributed by atoms with Crippen LogP contribution in [0.25, 0.3) is 0 Å². The summed E-state index contributed by atoms with van der Waals surface area (Å²) in [6.45, 7) is 5.16. The summed E-state index contributed by atoms with van der Waals surface area (Å²) in [5.74, 6) is 0. The molecule has 0 rings (SSSR count). The van der Waals surface area contributed by atoms with E-state index in [9.17, 15) is 4.79 Å². The van der Waals surface area contributed by atoms with Crippen molar-refractivity contribution in [3.05, 3.63) is 12.5 Å². The van der Waals surface area contributed by atoms with Crippen LogP contribution in [0, 0.1) is 0 Å². The lowest BCUT2D eigenvalue weighted by atomic mass is 10.2. The Hall–Kier alpha value is -1.19. The van der Waals surface area contributed by atoms with E-state index in [4.69, 9.17) is 9.84 Å². The Bertz CT molecular complexity index is 154. The molecular formula is C7H12O4. The maximum atomic E-state index is 10.6. The molecule has 0 atom stereocenters. The molecule has 0 fully saturated rings. The molecule has 0 aromatic rings. The van der Waals surface area contributed by atoms with Crippen LogP contribution in [-0.4, -0.2) is 16.9 Å². The van der Waals surface area contributed by atoms with Gasteiger partial charge in [-0.25, -0.2) is 4.79 Å². The van der Waals surface area contributed by atoms with Crippen molar-refractivity contribution in [3.8, 4) is 0 Å². The van der Waals surface area contributed by atoms with Gasteiger partial charge in [0.1, 0.15) is 18.1 Å². The van der Waals surface area contributed by atoms with Gasteiger partial charge < -0.3 is 14.6 Å². The molecule has 0 aliphatic rings. The van der Waals surface area contributed by atoms with Gasteiger partial charge in [-0.2, -0.15) is 0 Å². The lowest BCUT2D eigenvalue weighted by Gasteiger charge is -2.17. The average Bonchev–Trinajstić information content (AvgIpc) is 1.79. The Kier molecular flexibility index (Phi) is 3.44. The number of carbonyl (C=O) groups excluding carboxylic acids is 1. The van der Waals surface area contributed by atoms with E-state index in [1.807, 2.05) is 0 Å². The first-order valence-corrected chi connectivity index (χ1v) is 3.14. The highest BCUT2D eigenvalue weighted by Crippen LogP contribution is 2.07. The second-order valence-electron chi connectivity index (χ2n) is 2.87. The number of aliphatic hydroxyl groups excluding tert-OH is 1. The molecule has 0 spiro atoms. The van der Waals surface area contributed by atoms with Crippen molar-refractivity contribution in [2.24, 2.45) is 0 Å². The van der Waals surface area contributed by atoms with Crippen LogP contribution >= 0.6 is 0 Å². The second-order valence-corrected chi connectivity index (χ2v) is 2.87. The Morgan fingerprint density at radius 1 is 1.45 bits per heavy atom. The molecule has 0 saturated heterocycles. The van der Waals surface area contributed by atoms with Gasteiger partial charge in [0.15, 0.2) is 0 Å². The first-order valence-electron chi connectivity index (χ1n) is 3.14. The van der Waals surface area contributed by atoms with Crippen molar-refractivity contribution >= 4 is 6.16 Å². The number of hydrogen-bond donors (Lipinski definition) is 1. The standard InChI is InChI=1S/C7H12O4/c1-7(2,3)11-6(9)10-5-4-8/h4-5,8H,1-3H3/b5-4-. The fourth-order valence-electron chi connectivity index (χ4n) is 0.360. The normalized spacial score (nSPS) is 11.5. The number of hydrogen-bond acceptors (Lipinski definition) is 4. The maximum absolute atomic E-state index is 10.6. The van der Waals surface area contributed by atoms with Gasteiger partial charge in [0, 0.05) is 0 Å². The molecule has 4 nitrogen and oxygen atoms in total. The second kappa shape index (κ2) is 3.85. The maximum Gasteiger partial charge on any atom is 0.513 e. The average molecular weight is 160 g/mol. The fraction of sp³-hybridized carbons (Fsp3) is 0.571. The predicted octanol–water partition coefficient (Wildman–Crippen LogP) is 1.97. The first-order chi connectivity index (χ1) is 4.95. The van der Waals surface area contributed by atoms with E-state index < -0.39 is 11.8 Å². The fourth-order valence-corrected chi connectivity index (χ4v) is 0.360. The van der Waals surface area contributed by atoms with Gasteiger partial charge in [-0.3, -0.25) is 0 Å². The molecule has 0 aliphatic carbocycles. The van der Waals surface area contributed by atoms with Crippen molar-refractivity contribution in [2.45, 2.75) is 26.4 Å². The van der Waals surface area contributed by atoms with Crippen LogP contribution < -0.4 is 0 Å². The monoisotopic (exact) mass is 160 g/mol. The topological polar surface area (TPSA) is 55.8 Å². The summed E-state index contributed by atoms with van der Waals surface area (Å²) in [4.78, 5) is 10.6. The van der Waals surface area contributed by atoms with Crippen molar-refractivity contribution in [1.82, 2.24) is 0 Å². The SMILES string of the molecule is CC(C)(C)OC(=O)O/C=C\O. The minimum atomic E-state index is -0.831. The predicted molar refractivity (Wildman–Crippen MR) is 39.1 cm³/mol. The lowest BCUT2D eigenvalue weighted by Crippen LogP contribution is -2.23. The van der Waals surface area contributed by atoms with Crippen molar-refractivity contribution in [3.63, 3.8) is 0 Å². The highest BCUT2D eigenvalue weighted by molar-refractivity contribution is 5.61. The smallest absolute Gasteiger partial charge is 0.512 e. The van der Waals surface area contributed by atoms with Gasteiger partial charge >= 0.3 is 6.16 Å². The summed E-state index contributed by atoms with van der Waals surface area (Å²) in [5, 5.41) is 8.10. The van der Waals surface area contributed by atoms with E-state index >= 15 is 0 Å². The lowest BCUT2D eigenvalue weighted by molar-refractivity contribution is 0.0104. The summed E-state index contributed by atoms with van der Waals surface area (Å²) in [6.07, 6.45) is 0.626. The molecule has 0 aliphatic heterocycles. The summed E-state index contributed by atoms with van der Waals surface area (Å²) < 4.78 is 8.99. The van der Waals surface area contributed by atoms with E-state index in [-0.39, 0.29) is 0 Å². The van der Waals surface area contributed by atoms with Crippen molar-refractivity contribution in [1.29, 1.82) is 0 Å². The molecule has 0 bridgehead atoms. The third kappa shape index (κ3) is 6.70. The third-order valence-corrected chi connectivity index (χ3v) is 0.615. The van der Waals surface area contributed by atoms with Gasteiger partial charge in [-0.05, 0) is 20.8 Å². The van der Waals surface area contributed by atoms with Gasteiger partial charge in [0.05, 0.1) is 0 Å². The molecule has 11 heavy (non-hydrogen) atoms. The molecule has 0 aromatic heterocycles.